The Hall–Kier alpha value is -1.49. The zero-order valence-electron chi connectivity index (χ0n) is 10.6. The molecule has 0 radical (unpaired) electrons. The molecule has 0 aromatic heterocycles. The molecule has 3 nitrogen and oxygen atoms in total. The molecular formula is C13H18F2N2O. The number of amides is 1. The van der Waals surface area contributed by atoms with E-state index in [1.807, 2.05) is 6.92 Å². The minimum atomic E-state index is -0.967. The highest BCUT2D eigenvalue weighted by molar-refractivity contribution is 5.90. The Balaban J connectivity index is 2.38. The van der Waals surface area contributed by atoms with Crippen LogP contribution in [0.1, 0.15) is 26.7 Å². The molecule has 0 aliphatic carbocycles. The molecule has 1 unspecified atom stereocenters. The Kier molecular flexibility index (Phi) is 5.71. The summed E-state index contributed by atoms with van der Waals surface area (Å²) in [4.78, 5) is 11.5. The van der Waals surface area contributed by atoms with E-state index in [4.69, 9.17) is 0 Å². The van der Waals surface area contributed by atoms with E-state index in [-0.39, 0.29) is 11.6 Å². The van der Waals surface area contributed by atoms with Gasteiger partial charge in [0, 0.05) is 30.8 Å². The number of hydrogen-bond donors (Lipinski definition) is 2. The van der Waals surface area contributed by atoms with Gasteiger partial charge in [0.2, 0.25) is 5.91 Å². The topological polar surface area (TPSA) is 41.1 Å². The first-order chi connectivity index (χ1) is 8.52. The van der Waals surface area contributed by atoms with E-state index in [0.717, 1.165) is 18.6 Å². The third kappa shape index (κ3) is 4.79. The van der Waals surface area contributed by atoms with E-state index in [1.54, 1.807) is 0 Å². The maximum absolute atomic E-state index is 12.9. The van der Waals surface area contributed by atoms with Gasteiger partial charge >= 0.3 is 0 Å². The van der Waals surface area contributed by atoms with Gasteiger partial charge in [-0.05, 0) is 25.5 Å². The summed E-state index contributed by atoms with van der Waals surface area (Å²) in [7, 11) is 0. The molecule has 2 N–H and O–H groups in total. The maximum atomic E-state index is 12.9. The first-order valence-electron chi connectivity index (χ1n) is 6.01. The van der Waals surface area contributed by atoms with Crippen molar-refractivity contribution in [3.8, 4) is 0 Å². The third-order valence-corrected chi connectivity index (χ3v) is 2.66. The van der Waals surface area contributed by atoms with E-state index in [9.17, 15) is 13.6 Å². The van der Waals surface area contributed by atoms with Gasteiger partial charge in [0.25, 0.3) is 0 Å². The van der Waals surface area contributed by atoms with Crippen molar-refractivity contribution in [2.45, 2.75) is 32.7 Å². The van der Waals surface area contributed by atoms with E-state index in [2.05, 4.69) is 17.6 Å². The van der Waals surface area contributed by atoms with Crippen molar-refractivity contribution in [2.24, 2.45) is 0 Å². The lowest BCUT2D eigenvalue weighted by molar-refractivity contribution is -0.116. The number of anilines is 1. The van der Waals surface area contributed by atoms with Crippen molar-refractivity contribution in [1.29, 1.82) is 0 Å². The first-order valence-corrected chi connectivity index (χ1v) is 6.01. The summed E-state index contributed by atoms with van der Waals surface area (Å²) in [5.74, 6) is -2.12. The van der Waals surface area contributed by atoms with Crippen LogP contribution in [0, 0.1) is 11.6 Å². The van der Waals surface area contributed by atoms with Crippen molar-refractivity contribution >= 4 is 11.6 Å². The molecule has 1 aromatic carbocycles. The summed E-state index contributed by atoms with van der Waals surface area (Å²) >= 11 is 0. The number of carbonyl (C=O) groups excluding carboxylic acids is 1. The number of nitrogens with one attached hydrogen (secondary N) is 2. The summed E-state index contributed by atoms with van der Waals surface area (Å²) in [6, 6.07) is 3.65. The zero-order valence-corrected chi connectivity index (χ0v) is 10.6. The first kappa shape index (κ1) is 14.6. The van der Waals surface area contributed by atoms with Crippen LogP contribution in [0.5, 0.6) is 0 Å². The summed E-state index contributed by atoms with van der Waals surface area (Å²) in [6.45, 7) is 4.65. The molecule has 100 valence electrons. The highest BCUT2D eigenvalue weighted by Crippen LogP contribution is 2.13. The second-order valence-corrected chi connectivity index (χ2v) is 4.19. The fourth-order valence-corrected chi connectivity index (χ4v) is 1.37. The average Bonchev–Trinajstić information content (AvgIpc) is 2.33. The Morgan fingerprint density at radius 1 is 1.33 bits per heavy atom. The minimum Gasteiger partial charge on any atom is -0.326 e. The second kappa shape index (κ2) is 7.06. The molecule has 1 amide bonds. The van der Waals surface area contributed by atoms with Crippen molar-refractivity contribution in [3.63, 3.8) is 0 Å². The second-order valence-electron chi connectivity index (χ2n) is 4.19. The maximum Gasteiger partial charge on any atom is 0.225 e. The summed E-state index contributed by atoms with van der Waals surface area (Å²) in [5.41, 5.74) is 0.266. The summed E-state index contributed by atoms with van der Waals surface area (Å²) in [6.07, 6.45) is 1.29. The highest BCUT2D eigenvalue weighted by Gasteiger charge is 2.06. The molecule has 0 aliphatic rings. The van der Waals surface area contributed by atoms with Crippen LogP contribution in [0.3, 0.4) is 0 Å². The molecule has 1 rings (SSSR count). The lowest BCUT2D eigenvalue weighted by atomic mass is 10.2. The van der Waals surface area contributed by atoms with Gasteiger partial charge in [-0.3, -0.25) is 4.79 Å². The molecule has 0 saturated carbocycles. The smallest absolute Gasteiger partial charge is 0.225 e. The Morgan fingerprint density at radius 2 is 2.06 bits per heavy atom. The average molecular weight is 256 g/mol. The van der Waals surface area contributed by atoms with Crippen LogP contribution in [0.15, 0.2) is 18.2 Å². The van der Waals surface area contributed by atoms with Crippen molar-refractivity contribution in [1.82, 2.24) is 5.32 Å². The van der Waals surface area contributed by atoms with Crippen LogP contribution >= 0.6 is 0 Å². The van der Waals surface area contributed by atoms with Crippen LogP contribution in [-0.4, -0.2) is 18.5 Å². The Bertz CT molecular complexity index is 410. The molecule has 0 bridgehead atoms. The molecule has 1 aromatic rings. The molecule has 0 fully saturated rings. The highest BCUT2D eigenvalue weighted by atomic mass is 19.2. The van der Waals surface area contributed by atoms with Gasteiger partial charge in [0.05, 0.1) is 0 Å². The number of rotatable bonds is 6. The third-order valence-electron chi connectivity index (χ3n) is 2.66. The monoisotopic (exact) mass is 256 g/mol. The number of hydrogen-bond acceptors (Lipinski definition) is 2. The lowest BCUT2D eigenvalue weighted by Crippen LogP contribution is -2.28. The van der Waals surface area contributed by atoms with E-state index in [1.165, 1.54) is 6.07 Å². The van der Waals surface area contributed by atoms with Crippen LogP contribution in [0.4, 0.5) is 14.5 Å². The number of carbonyl (C=O) groups is 1. The Morgan fingerprint density at radius 3 is 2.67 bits per heavy atom. The SMILES string of the molecule is CCC(C)NCCC(=O)Nc1ccc(F)c(F)c1. The molecule has 1 atom stereocenters. The van der Waals surface area contributed by atoms with Gasteiger partial charge in [-0.25, -0.2) is 8.78 Å². The predicted octanol–water partition coefficient (Wildman–Crippen LogP) is 2.68. The predicted molar refractivity (Wildman–Crippen MR) is 67.4 cm³/mol. The van der Waals surface area contributed by atoms with Gasteiger partial charge < -0.3 is 10.6 Å². The number of benzene rings is 1. The fraction of sp³-hybridized carbons (Fsp3) is 0.462. The normalized spacial score (nSPS) is 12.2. The van der Waals surface area contributed by atoms with Gasteiger partial charge in [-0.2, -0.15) is 0 Å². The molecule has 0 aliphatic heterocycles. The molecular weight excluding hydrogens is 238 g/mol. The van der Waals surface area contributed by atoms with E-state index < -0.39 is 11.6 Å². The van der Waals surface area contributed by atoms with Crippen LogP contribution in [-0.2, 0) is 4.79 Å². The van der Waals surface area contributed by atoms with Gasteiger partial charge in [-0.1, -0.05) is 6.92 Å². The summed E-state index contributed by atoms with van der Waals surface area (Å²) < 4.78 is 25.6. The van der Waals surface area contributed by atoms with Crippen molar-refractivity contribution < 1.29 is 13.6 Å². The number of halogens is 2. The van der Waals surface area contributed by atoms with E-state index in [0.29, 0.717) is 19.0 Å². The van der Waals surface area contributed by atoms with Gasteiger partial charge in [0.15, 0.2) is 11.6 Å². The fourth-order valence-electron chi connectivity index (χ4n) is 1.37. The van der Waals surface area contributed by atoms with Crippen molar-refractivity contribution in [3.05, 3.63) is 29.8 Å². The standard InChI is InChI=1S/C13H18F2N2O/c1-3-9(2)16-7-6-13(18)17-10-4-5-11(14)12(15)8-10/h4-5,8-9,16H,3,6-7H2,1-2H3,(H,17,18). The van der Waals surface area contributed by atoms with Crippen LogP contribution < -0.4 is 10.6 Å². The van der Waals surface area contributed by atoms with Crippen LogP contribution in [0.2, 0.25) is 0 Å². The Labute approximate surface area is 106 Å². The minimum absolute atomic E-state index is 0.225. The van der Waals surface area contributed by atoms with Gasteiger partial charge in [0.1, 0.15) is 0 Å². The molecule has 0 spiro atoms. The van der Waals surface area contributed by atoms with Gasteiger partial charge in [-0.15, -0.1) is 0 Å². The largest absolute Gasteiger partial charge is 0.326 e. The van der Waals surface area contributed by atoms with E-state index >= 15 is 0 Å². The van der Waals surface area contributed by atoms with Crippen molar-refractivity contribution in [2.75, 3.05) is 11.9 Å². The molecule has 5 heteroatoms. The molecule has 0 heterocycles. The molecule has 0 saturated heterocycles. The summed E-state index contributed by atoms with van der Waals surface area (Å²) in [5, 5.41) is 5.69. The molecule has 18 heavy (non-hydrogen) atoms. The van der Waals surface area contributed by atoms with Crippen LogP contribution in [0.25, 0.3) is 0 Å². The zero-order chi connectivity index (χ0) is 13.5. The quantitative estimate of drug-likeness (QED) is 0.821. The lowest BCUT2D eigenvalue weighted by Gasteiger charge is -2.11.